The fourth-order valence-corrected chi connectivity index (χ4v) is 1.95. The largest absolute Gasteiger partial charge is 0.335 e. The first kappa shape index (κ1) is 11.9. The summed E-state index contributed by atoms with van der Waals surface area (Å²) in [5.74, 6) is 0.672. The second kappa shape index (κ2) is 4.75. The molecule has 3 nitrogen and oxygen atoms in total. The van der Waals surface area contributed by atoms with Gasteiger partial charge in [0.05, 0.1) is 22.3 Å². The van der Waals surface area contributed by atoms with Crippen LogP contribution >= 0.6 is 39.1 Å². The van der Waals surface area contributed by atoms with E-state index >= 15 is 0 Å². The molecule has 0 aliphatic carbocycles. The zero-order chi connectivity index (χ0) is 11.7. The maximum absolute atomic E-state index is 6.03. The lowest BCUT2D eigenvalue weighted by atomic mass is 10.1. The van der Waals surface area contributed by atoms with E-state index in [2.05, 4.69) is 25.9 Å². The second-order valence-corrected chi connectivity index (χ2v) is 4.94. The summed E-state index contributed by atoms with van der Waals surface area (Å²) in [4.78, 5) is 7.15. The minimum atomic E-state index is -0.346. The molecule has 1 atom stereocenters. The Morgan fingerprint density at radius 2 is 2.06 bits per heavy atom. The smallest absolute Gasteiger partial charge is 0.128 e. The van der Waals surface area contributed by atoms with Gasteiger partial charge in [0.15, 0.2) is 0 Å². The molecular formula is C10H8BrCl2N3. The van der Waals surface area contributed by atoms with E-state index in [0.717, 1.165) is 10.2 Å². The minimum absolute atomic E-state index is 0.346. The topological polar surface area (TPSA) is 54.7 Å². The molecule has 2 rings (SSSR count). The van der Waals surface area contributed by atoms with Crippen LogP contribution in [0.15, 0.2) is 29.0 Å². The highest BCUT2D eigenvalue weighted by Crippen LogP contribution is 2.26. The van der Waals surface area contributed by atoms with Crippen molar-refractivity contribution in [2.45, 2.75) is 6.04 Å². The van der Waals surface area contributed by atoms with Gasteiger partial charge in [0.1, 0.15) is 10.4 Å². The number of hydrogen-bond donors (Lipinski definition) is 2. The van der Waals surface area contributed by atoms with Gasteiger partial charge in [0.2, 0.25) is 0 Å². The lowest BCUT2D eigenvalue weighted by molar-refractivity contribution is 0.799. The molecule has 1 heterocycles. The average Bonchev–Trinajstić information content (AvgIpc) is 2.68. The molecule has 0 saturated heterocycles. The molecule has 0 amide bonds. The van der Waals surface area contributed by atoms with E-state index in [1.54, 1.807) is 18.3 Å². The molecule has 6 heteroatoms. The highest BCUT2D eigenvalue weighted by atomic mass is 79.9. The van der Waals surface area contributed by atoms with Crippen LogP contribution in [-0.4, -0.2) is 9.97 Å². The van der Waals surface area contributed by atoms with Crippen LogP contribution in [0.1, 0.15) is 17.4 Å². The van der Waals surface area contributed by atoms with Crippen LogP contribution in [0.5, 0.6) is 0 Å². The average molecular weight is 321 g/mol. The highest BCUT2D eigenvalue weighted by Gasteiger charge is 2.13. The highest BCUT2D eigenvalue weighted by molar-refractivity contribution is 9.10. The molecule has 0 saturated carbocycles. The molecule has 0 fully saturated rings. The van der Waals surface area contributed by atoms with Crippen molar-refractivity contribution in [1.82, 2.24) is 9.97 Å². The third-order valence-electron chi connectivity index (χ3n) is 2.16. The molecule has 0 radical (unpaired) electrons. The number of benzene rings is 1. The Morgan fingerprint density at radius 3 is 2.62 bits per heavy atom. The molecule has 0 aliphatic heterocycles. The van der Waals surface area contributed by atoms with Crippen molar-refractivity contribution in [2.75, 3.05) is 0 Å². The number of hydrogen-bond acceptors (Lipinski definition) is 2. The maximum Gasteiger partial charge on any atom is 0.128 e. The van der Waals surface area contributed by atoms with Crippen LogP contribution in [0.4, 0.5) is 0 Å². The van der Waals surface area contributed by atoms with Crippen LogP contribution in [0, 0.1) is 0 Å². The first-order valence-corrected chi connectivity index (χ1v) is 6.04. The number of nitrogens with one attached hydrogen (secondary N) is 1. The molecule has 1 aromatic carbocycles. The minimum Gasteiger partial charge on any atom is -0.335 e. The fourth-order valence-electron chi connectivity index (χ4n) is 1.33. The molecule has 0 aliphatic rings. The Balaban J connectivity index is 2.33. The molecule has 3 N–H and O–H groups in total. The summed E-state index contributed by atoms with van der Waals surface area (Å²) >= 11 is 15.0. The Bertz CT molecular complexity index is 513. The Kier molecular flexibility index (Phi) is 3.54. The Hall–Kier alpha value is -0.550. The standard InChI is InChI=1S/C10H8BrCl2N3/c11-8-4-15-10(16-8)9(14)5-1-2-6(12)7(13)3-5/h1-4,9H,14H2,(H,15,16). The fraction of sp³-hybridized carbons (Fsp3) is 0.100. The van der Waals surface area contributed by atoms with Gasteiger partial charge < -0.3 is 10.7 Å². The van der Waals surface area contributed by atoms with E-state index in [1.165, 1.54) is 0 Å². The van der Waals surface area contributed by atoms with E-state index < -0.39 is 0 Å². The zero-order valence-corrected chi connectivity index (χ0v) is 11.1. The van der Waals surface area contributed by atoms with Crippen molar-refractivity contribution in [3.63, 3.8) is 0 Å². The zero-order valence-electron chi connectivity index (χ0n) is 8.05. The molecule has 84 valence electrons. The van der Waals surface area contributed by atoms with Crippen LogP contribution in [-0.2, 0) is 0 Å². The molecule has 1 aromatic heterocycles. The number of imidazole rings is 1. The molecular weight excluding hydrogens is 313 g/mol. The summed E-state index contributed by atoms with van der Waals surface area (Å²) in [6.45, 7) is 0. The number of aromatic nitrogens is 2. The van der Waals surface area contributed by atoms with Crippen molar-refractivity contribution >= 4 is 39.1 Å². The monoisotopic (exact) mass is 319 g/mol. The van der Waals surface area contributed by atoms with Crippen molar-refractivity contribution in [1.29, 1.82) is 0 Å². The summed E-state index contributed by atoms with van der Waals surface area (Å²) in [6, 6.07) is 4.94. The van der Waals surface area contributed by atoms with E-state index in [4.69, 9.17) is 28.9 Å². The van der Waals surface area contributed by atoms with E-state index in [9.17, 15) is 0 Å². The molecule has 0 spiro atoms. The number of nitrogens with two attached hydrogens (primary N) is 1. The van der Waals surface area contributed by atoms with Gasteiger partial charge in [-0.15, -0.1) is 0 Å². The quantitative estimate of drug-likeness (QED) is 0.889. The maximum atomic E-state index is 6.03. The van der Waals surface area contributed by atoms with Gasteiger partial charge in [-0.1, -0.05) is 29.3 Å². The van der Waals surface area contributed by atoms with E-state index in [1.807, 2.05) is 6.07 Å². The number of aromatic amines is 1. The summed E-state index contributed by atoms with van der Waals surface area (Å²) in [6.07, 6.45) is 1.66. The van der Waals surface area contributed by atoms with Gasteiger partial charge in [0, 0.05) is 0 Å². The molecule has 0 bridgehead atoms. The first-order valence-electron chi connectivity index (χ1n) is 4.49. The van der Waals surface area contributed by atoms with Crippen LogP contribution in [0.2, 0.25) is 10.0 Å². The summed E-state index contributed by atoms with van der Waals surface area (Å²) in [5.41, 5.74) is 6.89. The lowest BCUT2D eigenvalue weighted by Gasteiger charge is -2.09. The van der Waals surface area contributed by atoms with E-state index in [0.29, 0.717) is 15.9 Å². The van der Waals surface area contributed by atoms with Gasteiger partial charge in [-0.3, -0.25) is 0 Å². The third kappa shape index (κ3) is 2.40. The summed E-state index contributed by atoms with van der Waals surface area (Å²) in [5, 5.41) is 0.999. The summed E-state index contributed by atoms with van der Waals surface area (Å²) in [7, 11) is 0. The molecule has 16 heavy (non-hydrogen) atoms. The molecule has 2 aromatic rings. The molecule has 1 unspecified atom stereocenters. The van der Waals surface area contributed by atoms with Crippen molar-refractivity contribution < 1.29 is 0 Å². The van der Waals surface area contributed by atoms with Gasteiger partial charge in [-0.05, 0) is 33.6 Å². The van der Waals surface area contributed by atoms with Crippen LogP contribution in [0.3, 0.4) is 0 Å². The predicted octanol–water partition coefficient (Wildman–Crippen LogP) is 3.53. The number of nitrogens with zero attached hydrogens (tertiary/aromatic N) is 1. The normalized spacial score (nSPS) is 12.8. The van der Waals surface area contributed by atoms with Gasteiger partial charge in [-0.25, -0.2) is 4.98 Å². The van der Waals surface area contributed by atoms with Crippen molar-refractivity contribution in [3.05, 3.63) is 50.4 Å². The van der Waals surface area contributed by atoms with Crippen LogP contribution in [0.25, 0.3) is 0 Å². The first-order chi connectivity index (χ1) is 7.58. The van der Waals surface area contributed by atoms with Crippen LogP contribution < -0.4 is 5.73 Å². The predicted molar refractivity (Wildman–Crippen MR) is 68.8 cm³/mol. The van der Waals surface area contributed by atoms with Gasteiger partial charge in [-0.2, -0.15) is 0 Å². The summed E-state index contributed by atoms with van der Waals surface area (Å²) < 4.78 is 0.790. The number of H-pyrrole nitrogens is 1. The second-order valence-electron chi connectivity index (χ2n) is 3.27. The Labute approximate surface area is 111 Å². The van der Waals surface area contributed by atoms with Crippen molar-refractivity contribution in [2.24, 2.45) is 5.73 Å². The van der Waals surface area contributed by atoms with Crippen molar-refractivity contribution in [3.8, 4) is 0 Å². The number of rotatable bonds is 2. The SMILES string of the molecule is NC(c1ccc(Cl)c(Cl)c1)c1ncc(Br)[nH]1. The van der Waals surface area contributed by atoms with Gasteiger partial charge in [0.25, 0.3) is 0 Å². The van der Waals surface area contributed by atoms with Gasteiger partial charge >= 0.3 is 0 Å². The Morgan fingerprint density at radius 1 is 1.31 bits per heavy atom. The van der Waals surface area contributed by atoms with E-state index in [-0.39, 0.29) is 6.04 Å². The lowest BCUT2D eigenvalue weighted by Crippen LogP contribution is -2.13. The number of halogens is 3. The third-order valence-corrected chi connectivity index (χ3v) is 3.30.